The molecule has 19 atom stereocenters. The van der Waals surface area contributed by atoms with Gasteiger partial charge in [-0.3, -0.25) is 9.59 Å². The second-order valence-corrected chi connectivity index (χ2v) is 24.0. The van der Waals surface area contributed by atoms with E-state index in [-0.39, 0.29) is 31.6 Å². The molecule has 0 radical (unpaired) electrons. The second kappa shape index (κ2) is 38.9. The minimum absolute atomic E-state index is 0.107. The van der Waals surface area contributed by atoms with E-state index in [1.54, 1.807) is 102 Å². The van der Waals surface area contributed by atoms with Gasteiger partial charge in [0.05, 0.1) is 79.6 Å². The van der Waals surface area contributed by atoms with Gasteiger partial charge >= 0.3 is 11.9 Å². The summed E-state index contributed by atoms with van der Waals surface area (Å²) in [5.41, 5.74) is 6.02. The van der Waals surface area contributed by atoms with Crippen molar-refractivity contribution in [2.24, 2.45) is 23.5 Å². The molecule has 2 fully saturated rings. The molecule has 3 aliphatic heterocycles. The molecule has 462 valence electrons. The van der Waals surface area contributed by atoms with Crippen LogP contribution in [0.3, 0.4) is 0 Å². The van der Waals surface area contributed by atoms with Crippen molar-refractivity contribution >= 4 is 66.6 Å². The van der Waals surface area contributed by atoms with Crippen LogP contribution in [0.4, 0.5) is 0 Å². The quantitative estimate of drug-likeness (QED) is 0.0959. The smallest absolute Gasteiger partial charge is 0.311 e. The molecule has 0 aromatic rings. The Balaban J connectivity index is 0.00000121. The van der Waals surface area contributed by atoms with Gasteiger partial charge in [0.2, 0.25) is 0 Å². The van der Waals surface area contributed by atoms with E-state index in [0.29, 0.717) is 0 Å². The fourth-order valence-electron chi connectivity index (χ4n) is 9.11. The molecule has 13 N–H and O–H groups in total. The zero-order valence-electron chi connectivity index (χ0n) is 47.9. The molecule has 0 aromatic carbocycles. The average Bonchev–Trinajstić information content (AvgIpc) is 3.41. The first-order valence-electron chi connectivity index (χ1n) is 27.8. The van der Waals surface area contributed by atoms with Crippen LogP contribution in [-0.4, -0.2) is 210 Å². The van der Waals surface area contributed by atoms with E-state index >= 15 is 0 Å². The number of carboxylic acid groups (broad SMARTS) is 1. The molecule has 0 saturated carbocycles. The van der Waals surface area contributed by atoms with Crippen LogP contribution >= 0.6 is 46.0 Å². The van der Waals surface area contributed by atoms with Crippen molar-refractivity contribution < 1.29 is 84.7 Å². The van der Waals surface area contributed by atoms with Gasteiger partial charge in [-0.15, -0.1) is 0 Å². The third-order valence-corrected chi connectivity index (χ3v) is 18.0. The molecule has 0 spiro atoms. The summed E-state index contributed by atoms with van der Waals surface area (Å²) >= 11 is 10.7. The highest BCUT2D eigenvalue weighted by Gasteiger charge is 2.51. The average molecular weight is 1220 g/mol. The summed E-state index contributed by atoms with van der Waals surface area (Å²) in [5.74, 6) is -6.83. The van der Waals surface area contributed by atoms with E-state index in [1.165, 1.54) is 13.0 Å². The third-order valence-electron chi connectivity index (χ3n) is 14.2. The van der Waals surface area contributed by atoms with Gasteiger partial charge in [-0.05, 0) is 82.4 Å². The number of aliphatic hydroxyl groups excluding tert-OH is 9. The number of carboxylic acids is 1. The summed E-state index contributed by atoms with van der Waals surface area (Å²) < 4.78 is 25.0. The Kier molecular flexibility index (Phi) is 35.6. The number of hydrogen-bond acceptors (Lipinski definition) is 21. The summed E-state index contributed by atoms with van der Waals surface area (Å²) in [6.07, 6.45) is 3.46. The fourth-order valence-corrected chi connectivity index (χ4v) is 12.2. The number of nitrogens with zero attached hydrogens (tertiary/aromatic N) is 2. The van der Waals surface area contributed by atoms with Crippen LogP contribution in [0.2, 0.25) is 0 Å². The molecule has 2 saturated heterocycles. The van der Waals surface area contributed by atoms with Gasteiger partial charge in [-0.2, -0.15) is 0 Å². The van der Waals surface area contributed by atoms with Gasteiger partial charge in [0.1, 0.15) is 26.8 Å². The van der Waals surface area contributed by atoms with Gasteiger partial charge in [-0.25, -0.2) is 0 Å². The number of nitrogens with two attached hydrogens (primary N) is 1. The first-order chi connectivity index (χ1) is 38.2. The van der Waals surface area contributed by atoms with Crippen LogP contribution in [0.5, 0.6) is 0 Å². The van der Waals surface area contributed by atoms with Gasteiger partial charge in [0.25, 0.3) is 0 Å². The molecular formula is C57H93N3O17S4. The number of cyclic esters (lactones) is 1. The summed E-state index contributed by atoms with van der Waals surface area (Å²) in [6.45, 7) is 19.0. The van der Waals surface area contributed by atoms with Crippen molar-refractivity contribution in [1.82, 2.24) is 9.80 Å². The van der Waals surface area contributed by atoms with Gasteiger partial charge < -0.3 is 90.7 Å². The van der Waals surface area contributed by atoms with Gasteiger partial charge in [0.15, 0.2) is 12.1 Å². The van der Waals surface area contributed by atoms with Crippen molar-refractivity contribution in [3.8, 4) is 0 Å². The molecule has 0 aliphatic carbocycles. The molecule has 0 aromatic heterocycles. The number of carbonyl (C=O) groups excluding carboxylic acids is 1. The Bertz CT molecular complexity index is 2070. The number of aliphatic hydroxyl groups is 10. The molecule has 2 bridgehead atoms. The fraction of sp³-hybridized carbons (Fsp3) is 0.684. The Labute approximate surface area is 497 Å². The highest BCUT2D eigenvalue weighted by molar-refractivity contribution is 8.89. The number of esters is 1. The number of ether oxygens (including phenoxy) is 4. The SMILES string of the molecule is CCN(CC)C(=S)SSC(=S)N(CC)CC.C[C@@H]1[C@H](O)[C@@H](C)/C=C/C=C/C=C/C=C/C=C/C=C/C=C/[C@H](O[C@@H]2O[C@H](C)[C@@H](O)[C@H](N)[C@@H]2O)C[C@@H]2O[C@](O)(C[C@@H](O)C[C@@H](O)[C@H](O)CC[C@@H](O)C[C@@H](O)CC(=O)O[C@H]1C)C[C@H](O)[C@H]2C(=O)O. The Morgan fingerprint density at radius 1 is 0.654 bits per heavy atom. The van der Waals surface area contributed by atoms with Crippen molar-refractivity contribution in [1.29, 1.82) is 0 Å². The molecular weight excluding hydrogens is 1130 g/mol. The number of hydrogen-bond donors (Lipinski definition) is 12. The minimum Gasteiger partial charge on any atom is -0.481 e. The molecule has 0 amide bonds. The Hall–Kier alpha value is -2.96. The topological polar surface area (TPSA) is 326 Å². The van der Waals surface area contributed by atoms with Crippen molar-refractivity contribution in [3.63, 3.8) is 0 Å². The summed E-state index contributed by atoms with van der Waals surface area (Å²) in [7, 11) is 3.18. The molecule has 0 unspecified atom stereocenters. The lowest BCUT2D eigenvalue weighted by molar-refractivity contribution is -0.308. The third kappa shape index (κ3) is 26.9. The first kappa shape index (κ1) is 74.1. The number of thiocarbonyl (C=S) groups is 2. The maximum atomic E-state index is 12.6. The zero-order valence-corrected chi connectivity index (χ0v) is 51.2. The standard InChI is InChI=1S/C47H73NO17.C10H20N2S4/c1-27-17-15-13-11-9-7-5-6-8-10-12-14-16-18-34(64-46-44(58)41(48)43(57)30(4)63-46)24-38-40(45(59)60)37(54)26-47(61,65-38)25-33(51)22-36(53)35(52)20-19-31(49)21-32(50)23-39(55)62-29(3)28(2)42(27)56;1-5-11(6-2)9(13)15-16-10(14)12(7-3)8-4/h5-18,27-38,40-44,46,49-54,56-58,61H,19-26,48H2,1-4H3,(H,59,60);5-8H2,1-4H3/b6-5+,9-7+,10-8+,13-11+,14-12+,17-15+,18-16+;/t27-,28-,29-,30+,31+,32+,33-,34-,35+,36+,37-,38-,40+,41-,42+,43+,44-,46-,47+;/m0./s1. The lowest BCUT2D eigenvalue weighted by Crippen LogP contribution is -2.61. The molecule has 81 heavy (non-hydrogen) atoms. The van der Waals surface area contributed by atoms with Crippen molar-refractivity contribution in [2.45, 2.75) is 204 Å². The highest BCUT2D eigenvalue weighted by Crippen LogP contribution is 2.38. The van der Waals surface area contributed by atoms with E-state index in [4.69, 9.17) is 49.1 Å². The van der Waals surface area contributed by atoms with Crippen LogP contribution in [0.25, 0.3) is 0 Å². The largest absolute Gasteiger partial charge is 0.481 e. The highest BCUT2D eigenvalue weighted by atomic mass is 33.1. The normalized spacial score (nSPS) is 38.5. The van der Waals surface area contributed by atoms with E-state index in [1.807, 2.05) is 19.1 Å². The van der Waals surface area contributed by atoms with Crippen LogP contribution in [0, 0.1) is 17.8 Å². The predicted octanol–water partition coefficient (Wildman–Crippen LogP) is 4.33. The van der Waals surface area contributed by atoms with E-state index < -0.39 is 147 Å². The number of rotatable bonds is 7. The number of aliphatic carboxylic acids is 1. The molecule has 3 aliphatic rings. The Morgan fingerprint density at radius 2 is 1.16 bits per heavy atom. The second-order valence-electron chi connectivity index (χ2n) is 20.6. The molecule has 20 nitrogen and oxygen atoms in total. The number of allylic oxidation sites excluding steroid dienone is 12. The molecule has 24 heteroatoms. The molecule has 3 rings (SSSR count). The minimum atomic E-state index is -2.33. The lowest BCUT2D eigenvalue weighted by atomic mass is 9.82. The zero-order chi connectivity index (χ0) is 61.0. The summed E-state index contributed by atoms with van der Waals surface area (Å²) in [4.78, 5) is 29.4. The van der Waals surface area contributed by atoms with E-state index in [0.717, 1.165) is 34.8 Å². The van der Waals surface area contributed by atoms with E-state index in [9.17, 15) is 65.8 Å². The Morgan fingerprint density at radius 3 is 1.67 bits per heavy atom. The van der Waals surface area contributed by atoms with Gasteiger partial charge in [-0.1, -0.05) is 123 Å². The van der Waals surface area contributed by atoms with Crippen LogP contribution < -0.4 is 5.73 Å². The van der Waals surface area contributed by atoms with Crippen LogP contribution in [0.1, 0.15) is 107 Å². The lowest BCUT2D eigenvalue weighted by Gasteiger charge is -2.45. The monoisotopic (exact) mass is 1220 g/mol. The predicted molar refractivity (Wildman–Crippen MR) is 323 cm³/mol. The first-order valence-corrected chi connectivity index (χ1v) is 30.8. The van der Waals surface area contributed by atoms with Gasteiger partial charge in [0, 0.05) is 63.7 Å². The van der Waals surface area contributed by atoms with Crippen LogP contribution in [-0.2, 0) is 28.5 Å². The van der Waals surface area contributed by atoms with Crippen LogP contribution in [0.15, 0.2) is 85.1 Å². The maximum absolute atomic E-state index is 12.6. The molecule has 3 heterocycles. The maximum Gasteiger partial charge on any atom is 0.311 e. The summed E-state index contributed by atoms with van der Waals surface area (Å²) in [6, 6.07) is -1.15. The van der Waals surface area contributed by atoms with Crippen molar-refractivity contribution in [3.05, 3.63) is 85.1 Å². The van der Waals surface area contributed by atoms with E-state index in [2.05, 4.69) is 37.5 Å². The number of fused-ring (bicyclic) bond motifs is 2. The number of carbonyl (C=O) groups is 2. The summed E-state index contributed by atoms with van der Waals surface area (Å²) in [5, 5.41) is 118. The van der Waals surface area contributed by atoms with Crippen molar-refractivity contribution in [2.75, 3.05) is 26.2 Å².